The van der Waals surface area contributed by atoms with Crippen molar-refractivity contribution >= 4 is 23.2 Å². The number of rotatable bonds is 3. The van der Waals surface area contributed by atoms with Crippen LogP contribution in [-0.4, -0.2) is 52.8 Å². The topological polar surface area (TPSA) is 66.7 Å². The summed E-state index contributed by atoms with van der Waals surface area (Å²) in [6.45, 7) is 2.05. The number of piperazine rings is 1. The Morgan fingerprint density at radius 2 is 1.62 bits per heavy atom. The third-order valence-electron chi connectivity index (χ3n) is 4.33. The molecule has 3 aromatic rings. The first-order valence-electron chi connectivity index (χ1n) is 8.35. The van der Waals surface area contributed by atoms with Crippen molar-refractivity contribution in [2.45, 2.75) is 0 Å². The molecule has 3 heterocycles. The molecule has 0 bridgehead atoms. The minimum atomic E-state index is -0.106. The molecule has 2 amide bonds. The lowest BCUT2D eigenvalue weighted by Crippen LogP contribution is -2.50. The second-order valence-corrected chi connectivity index (χ2v) is 6.82. The van der Waals surface area contributed by atoms with Gasteiger partial charge in [0.1, 0.15) is 5.69 Å². The maximum atomic E-state index is 12.7. The lowest BCUT2D eigenvalue weighted by molar-refractivity contribution is 0.0533. The van der Waals surface area contributed by atoms with Gasteiger partial charge in [-0.25, -0.2) is 4.98 Å². The summed E-state index contributed by atoms with van der Waals surface area (Å²) < 4.78 is 5.32. The lowest BCUT2D eigenvalue weighted by atomic mass is 10.2. The minimum absolute atomic E-state index is 0.00598. The van der Waals surface area contributed by atoms with Gasteiger partial charge in [-0.2, -0.15) is 0 Å². The predicted octanol–water partition coefficient (Wildman–Crippen LogP) is 3.00. The summed E-state index contributed by atoms with van der Waals surface area (Å²) in [4.78, 5) is 33.1. The lowest BCUT2D eigenvalue weighted by Gasteiger charge is -2.34. The molecule has 0 radical (unpaired) electrons. The summed E-state index contributed by atoms with van der Waals surface area (Å²) in [6.07, 6.45) is 1.58. The molecule has 0 saturated carbocycles. The molecule has 2 aromatic heterocycles. The molecule has 1 aromatic carbocycles. The molecule has 26 heavy (non-hydrogen) atoms. The number of hydrogen-bond acceptors (Lipinski definition) is 5. The number of furan rings is 1. The fraction of sp³-hybridized carbons (Fsp3) is 0.211. The average Bonchev–Trinajstić information content (AvgIpc) is 3.39. The average molecular weight is 367 g/mol. The van der Waals surface area contributed by atoms with E-state index < -0.39 is 0 Å². The van der Waals surface area contributed by atoms with Crippen molar-refractivity contribution < 1.29 is 14.0 Å². The number of aromatic nitrogens is 1. The van der Waals surface area contributed by atoms with Crippen molar-refractivity contribution in [3.63, 3.8) is 0 Å². The van der Waals surface area contributed by atoms with Crippen molar-refractivity contribution in [1.82, 2.24) is 14.8 Å². The van der Waals surface area contributed by atoms with Crippen molar-refractivity contribution in [2.75, 3.05) is 26.2 Å². The van der Waals surface area contributed by atoms with E-state index in [0.29, 0.717) is 48.2 Å². The minimum Gasteiger partial charge on any atom is -0.462 e. The first kappa shape index (κ1) is 16.5. The SMILES string of the molecule is O=C(c1ccccc1)N1CCN(C(=O)c2csc(-c3ccco3)n2)CC1. The number of hydrogen-bond donors (Lipinski definition) is 0. The molecule has 1 fully saturated rings. The molecule has 1 aliphatic heterocycles. The molecule has 0 aliphatic carbocycles. The van der Waals surface area contributed by atoms with E-state index in [1.54, 1.807) is 27.5 Å². The molecule has 1 aliphatic rings. The monoisotopic (exact) mass is 367 g/mol. The van der Waals surface area contributed by atoms with Crippen LogP contribution >= 0.6 is 11.3 Å². The Morgan fingerprint density at radius 1 is 0.923 bits per heavy atom. The second-order valence-electron chi connectivity index (χ2n) is 5.97. The molecule has 4 rings (SSSR count). The van der Waals surface area contributed by atoms with Gasteiger partial charge in [-0.15, -0.1) is 11.3 Å². The maximum Gasteiger partial charge on any atom is 0.273 e. The van der Waals surface area contributed by atoms with Crippen LogP contribution in [0.5, 0.6) is 0 Å². The van der Waals surface area contributed by atoms with E-state index in [1.807, 2.05) is 36.4 Å². The molecular weight excluding hydrogens is 350 g/mol. The van der Waals surface area contributed by atoms with Crippen LogP contribution in [0.25, 0.3) is 10.8 Å². The first-order chi connectivity index (χ1) is 12.7. The number of carbonyl (C=O) groups excluding carboxylic acids is 2. The summed E-state index contributed by atoms with van der Waals surface area (Å²) in [5.41, 5.74) is 1.10. The summed E-state index contributed by atoms with van der Waals surface area (Å²) in [5, 5.41) is 2.44. The van der Waals surface area contributed by atoms with Gasteiger partial charge in [0.25, 0.3) is 11.8 Å². The number of nitrogens with zero attached hydrogens (tertiary/aromatic N) is 3. The van der Waals surface area contributed by atoms with Crippen LogP contribution < -0.4 is 0 Å². The van der Waals surface area contributed by atoms with E-state index in [0.717, 1.165) is 0 Å². The van der Waals surface area contributed by atoms with Gasteiger partial charge in [-0.1, -0.05) is 18.2 Å². The maximum absolute atomic E-state index is 12.7. The number of thiazole rings is 1. The van der Waals surface area contributed by atoms with Crippen LogP contribution in [0.3, 0.4) is 0 Å². The van der Waals surface area contributed by atoms with Crippen LogP contribution in [0.15, 0.2) is 58.5 Å². The van der Waals surface area contributed by atoms with Gasteiger partial charge in [-0.05, 0) is 24.3 Å². The van der Waals surface area contributed by atoms with Crippen LogP contribution in [0, 0.1) is 0 Å². The summed E-state index contributed by atoms with van der Waals surface area (Å²) in [7, 11) is 0. The fourth-order valence-corrected chi connectivity index (χ4v) is 3.68. The van der Waals surface area contributed by atoms with Crippen molar-refractivity contribution in [2.24, 2.45) is 0 Å². The molecule has 0 spiro atoms. The van der Waals surface area contributed by atoms with E-state index in [2.05, 4.69) is 4.98 Å². The van der Waals surface area contributed by atoms with E-state index in [9.17, 15) is 9.59 Å². The van der Waals surface area contributed by atoms with Crippen molar-refractivity contribution in [1.29, 1.82) is 0 Å². The molecule has 0 unspecified atom stereocenters. The predicted molar refractivity (Wildman–Crippen MR) is 98.1 cm³/mol. The molecular formula is C19H17N3O3S. The fourth-order valence-electron chi connectivity index (χ4n) is 2.92. The zero-order valence-corrected chi connectivity index (χ0v) is 14.8. The summed E-state index contributed by atoms with van der Waals surface area (Å²) in [6, 6.07) is 12.8. The molecule has 132 valence electrons. The Bertz CT molecular complexity index is 897. The van der Waals surface area contributed by atoms with E-state index in [4.69, 9.17) is 4.42 Å². The number of carbonyl (C=O) groups is 2. The van der Waals surface area contributed by atoms with Crippen LogP contribution in [-0.2, 0) is 0 Å². The Labute approximate surface area is 154 Å². The van der Waals surface area contributed by atoms with Gasteiger partial charge in [0.2, 0.25) is 0 Å². The quantitative estimate of drug-likeness (QED) is 0.714. The zero-order valence-electron chi connectivity index (χ0n) is 14.0. The Hall–Kier alpha value is -2.93. The van der Waals surface area contributed by atoms with Crippen LogP contribution in [0.4, 0.5) is 0 Å². The largest absolute Gasteiger partial charge is 0.462 e. The van der Waals surface area contributed by atoms with Gasteiger partial charge >= 0.3 is 0 Å². The third kappa shape index (κ3) is 3.25. The Morgan fingerprint density at radius 3 is 2.27 bits per heavy atom. The highest BCUT2D eigenvalue weighted by atomic mass is 32.1. The first-order valence-corrected chi connectivity index (χ1v) is 9.23. The third-order valence-corrected chi connectivity index (χ3v) is 5.19. The van der Waals surface area contributed by atoms with Gasteiger partial charge < -0.3 is 14.2 Å². The molecule has 1 saturated heterocycles. The van der Waals surface area contributed by atoms with Crippen molar-refractivity contribution in [3.8, 4) is 10.8 Å². The highest BCUT2D eigenvalue weighted by Crippen LogP contribution is 2.24. The second kappa shape index (κ2) is 7.13. The van der Waals surface area contributed by atoms with Gasteiger partial charge in [0.05, 0.1) is 6.26 Å². The number of amides is 2. The zero-order chi connectivity index (χ0) is 17.9. The smallest absolute Gasteiger partial charge is 0.273 e. The molecule has 7 heteroatoms. The van der Waals surface area contributed by atoms with Crippen LogP contribution in [0.2, 0.25) is 0 Å². The summed E-state index contributed by atoms with van der Waals surface area (Å²) in [5.74, 6) is 0.560. The van der Waals surface area contributed by atoms with Gasteiger partial charge in [0, 0.05) is 37.1 Å². The van der Waals surface area contributed by atoms with Crippen LogP contribution in [0.1, 0.15) is 20.8 Å². The highest BCUT2D eigenvalue weighted by molar-refractivity contribution is 7.13. The number of benzene rings is 1. The van der Waals surface area contributed by atoms with Crippen molar-refractivity contribution in [3.05, 3.63) is 65.4 Å². The molecule has 6 nitrogen and oxygen atoms in total. The molecule has 0 N–H and O–H groups in total. The van der Waals surface area contributed by atoms with Gasteiger partial charge in [-0.3, -0.25) is 9.59 Å². The Balaban J connectivity index is 1.39. The molecule has 0 atom stereocenters. The highest BCUT2D eigenvalue weighted by Gasteiger charge is 2.26. The standard InChI is InChI=1S/C19H17N3O3S/c23-18(14-5-2-1-3-6-14)21-8-10-22(11-9-21)19(24)15-13-26-17(20-15)16-7-4-12-25-16/h1-7,12-13H,8-11H2. The van der Waals surface area contributed by atoms with E-state index >= 15 is 0 Å². The summed E-state index contributed by atoms with van der Waals surface area (Å²) >= 11 is 1.39. The van der Waals surface area contributed by atoms with E-state index in [-0.39, 0.29) is 11.8 Å². The Kier molecular flexibility index (Phi) is 4.53. The normalized spacial score (nSPS) is 14.5. The van der Waals surface area contributed by atoms with Gasteiger partial charge in [0.15, 0.2) is 10.8 Å². The van der Waals surface area contributed by atoms with E-state index in [1.165, 1.54) is 11.3 Å².